The molecule has 3 nitrogen and oxygen atoms in total. The molecule has 1 N–H and O–H groups in total. The van der Waals surface area contributed by atoms with Gasteiger partial charge in [0, 0.05) is 11.4 Å². The normalized spacial score (nSPS) is 20.2. The maximum atomic E-state index is 12.3. The number of anilines is 1. The molecular formula is C15H22N2OS. The molecule has 1 atom stereocenters. The van der Waals surface area contributed by atoms with E-state index in [1.54, 1.807) is 11.8 Å². The fraction of sp³-hybridized carbons (Fsp3) is 0.533. The van der Waals surface area contributed by atoms with Crippen molar-refractivity contribution in [2.24, 2.45) is 5.92 Å². The van der Waals surface area contributed by atoms with Gasteiger partial charge in [-0.2, -0.15) is 0 Å². The van der Waals surface area contributed by atoms with Gasteiger partial charge in [-0.3, -0.25) is 4.79 Å². The van der Waals surface area contributed by atoms with Crippen LogP contribution in [0, 0.1) is 5.92 Å². The lowest BCUT2D eigenvalue weighted by molar-refractivity contribution is -0.121. The van der Waals surface area contributed by atoms with Crippen molar-refractivity contribution in [3.8, 4) is 0 Å². The number of piperidine rings is 1. The molecule has 1 aromatic carbocycles. The van der Waals surface area contributed by atoms with E-state index in [9.17, 15) is 4.79 Å². The van der Waals surface area contributed by atoms with Gasteiger partial charge in [-0.05, 0) is 44.3 Å². The third-order valence-corrected chi connectivity index (χ3v) is 4.40. The summed E-state index contributed by atoms with van der Waals surface area (Å²) in [5.74, 6) is 1.30. The average molecular weight is 278 g/mol. The molecule has 0 bridgehead atoms. The van der Waals surface area contributed by atoms with E-state index >= 15 is 0 Å². The van der Waals surface area contributed by atoms with E-state index in [0.29, 0.717) is 0 Å². The second-order valence-electron chi connectivity index (χ2n) is 5.02. The number of nitrogens with zero attached hydrogens (tertiary/aromatic N) is 1. The first-order valence-corrected chi connectivity index (χ1v) is 7.90. The fourth-order valence-corrected chi connectivity index (χ4v) is 3.23. The van der Waals surface area contributed by atoms with Gasteiger partial charge in [0.15, 0.2) is 0 Å². The Labute approximate surface area is 119 Å². The summed E-state index contributed by atoms with van der Waals surface area (Å²) in [5, 5.41) is 3.10. The lowest BCUT2D eigenvalue weighted by Crippen LogP contribution is -2.38. The highest BCUT2D eigenvalue weighted by atomic mass is 32.2. The van der Waals surface area contributed by atoms with E-state index < -0.39 is 0 Å². The molecule has 2 rings (SSSR count). The topological polar surface area (TPSA) is 32.3 Å². The average Bonchev–Trinajstić information content (AvgIpc) is 2.41. The van der Waals surface area contributed by atoms with Crippen molar-refractivity contribution < 1.29 is 4.79 Å². The lowest BCUT2D eigenvalue weighted by atomic mass is 9.97. The number of hydrogen-bond acceptors (Lipinski definition) is 3. The first kappa shape index (κ1) is 14.4. The number of carbonyl (C=O) groups excluding carboxylic acids is 1. The van der Waals surface area contributed by atoms with E-state index in [1.807, 2.05) is 18.2 Å². The molecule has 0 saturated carbocycles. The molecule has 0 spiro atoms. The van der Waals surface area contributed by atoms with E-state index in [4.69, 9.17) is 0 Å². The number of benzene rings is 1. The van der Waals surface area contributed by atoms with Crippen LogP contribution in [0.4, 0.5) is 5.69 Å². The Bertz CT molecular complexity index is 436. The number of rotatable bonds is 4. The van der Waals surface area contributed by atoms with Crippen molar-refractivity contribution in [2.45, 2.75) is 24.7 Å². The minimum absolute atomic E-state index is 0.124. The fourth-order valence-electron chi connectivity index (χ4n) is 2.47. The Morgan fingerprint density at radius 2 is 2.26 bits per heavy atom. The van der Waals surface area contributed by atoms with Crippen LogP contribution in [0.25, 0.3) is 0 Å². The molecule has 4 heteroatoms. The Hall–Kier alpha value is -1.00. The van der Waals surface area contributed by atoms with Crippen molar-refractivity contribution in [3.05, 3.63) is 24.3 Å². The van der Waals surface area contributed by atoms with E-state index in [2.05, 4.69) is 30.3 Å². The monoisotopic (exact) mass is 278 g/mol. The van der Waals surface area contributed by atoms with Crippen LogP contribution < -0.4 is 5.32 Å². The molecule has 1 aliphatic rings. The number of likely N-dealkylation sites (tertiary alicyclic amines) is 1. The Balaban J connectivity index is 2.02. The molecule has 19 heavy (non-hydrogen) atoms. The quantitative estimate of drug-likeness (QED) is 0.859. The first-order valence-electron chi connectivity index (χ1n) is 6.92. The highest BCUT2D eigenvalue weighted by molar-refractivity contribution is 7.99. The summed E-state index contributed by atoms with van der Waals surface area (Å²) in [6.07, 6.45) is 2.11. The zero-order valence-corrected chi connectivity index (χ0v) is 12.5. The molecular weight excluding hydrogens is 256 g/mol. The van der Waals surface area contributed by atoms with Gasteiger partial charge < -0.3 is 10.2 Å². The van der Waals surface area contributed by atoms with Crippen LogP contribution in [-0.2, 0) is 4.79 Å². The largest absolute Gasteiger partial charge is 0.325 e. The summed E-state index contributed by atoms with van der Waals surface area (Å²) >= 11 is 1.77. The van der Waals surface area contributed by atoms with Gasteiger partial charge in [0.1, 0.15) is 0 Å². The van der Waals surface area contributed by atoms with Gasteiger partial charge in [-0.25, -0.2) is 0 Å². The van der Waals surface area contributed by atoms with Crippen LogP contribution in [0.15, 0.2) is 29.2 Å². The smallest absolute Gasteiger partial charge is 0.228 e. The molecule has 0 aliphatic carbocycles. The summed E-state index contributed by atoms with van der Waals surface area (Å²) in [6.45, 7) is 4.10. The standard InChI is InChI=1S/C15H22N2OS/c1-3-19-14-9-5-4-8-13(14)16-15(18)12-7-6-10-17(2)11-12/h4-5,8-9,12H,3,6-7,10-11H2,1-2H3,(H,16,18). The van der Waals surface area contributed by atoms with Crippen LogP contribution in [0.3, 0.4) is 0 Å². The van der Waals surface area contributed by atoms with Crippen LogP contribution >= 0.6 is 11.8 Å². The molecule has 1 aliphatic heterocycles. The van der Waals surface area contributed by atoms with Crippen LogP contribution in [0.2, 0.25) is 0 Å². The van der Waals surface area contributed by atoms with Crippen molar-refractivity contribution >= 4 is 23.4 Å². The maximum Gasteiger partial charge on any atom is 0.228 e. The first-order chi connectivity index (χ1) is 9.20. The van der Waals surface area contributed by atoms with Crippen molar-refractivity contribution in [2.75, 3.05) is 31.2 Å². The molecule has 1 unspecified atom stereocenters. The predicted octanol–water partition coefficient (Wildman–Crippen LogP) is 3.08. The SMILES string of the molecule is CCSc1ccccc1NC(=O)C1CCCN(C)C1. The van der Waals surface area contributed by atoms with Crippen LogP contribution in [0.1, 0.15) is 19.8 Å². The minimum Gasteiger partial charge on any atom is -0.325 e. The van der Waals surface area contributed by atoms with E-state index in [-0.39, 0.29) is 11.8 Å². The van der Waals surface area contributed by atoms with Gasteiger partial charge in [-0.1, -0.05) is 19.1 Å². The molecule has 1 heterocycles. The third-order valence-electron chi connectivity index (χ3n) is 3.44. The van der Waals surface area contributed by atoms with E-state index in [0.717, 1.165) is 42.3 Å². The Morgan fingerprint density at radius 1 is 1.47 bits per heavy atom. The van der Waals surface area contributed by atoms with E-state index in [1.165, 1.54) is 0 Å². The predicted molar refractivity (Wildman–Crippen MR) is 81.7 cm³/mol. The van der Waals surface area contributed by atoms with Gasteiger partial charge >= 0.3 is 0 Å². The summed E-state index contributed by atoms with van der Waals surface area (Å²) in [5.41, 5.74) is 0.951. The summed E-state index contributed by atoms with van der Waals surface area (Å²) in [7, 11) is 2.08. The molecule has 0 radical (unpaired) electrons. The van der Waals surface area contributed by atoms with Crippen molar-refractivity contribution in [1.29, 1.82) is 0 Å². The highest BCUT2D eigenvalue weighted by Gasteiger charge is 2.24. The Morgan fingerprint density at radius 3 is 3.00 bits per heavy atom. The molecule has 104 valence electrons. The summed E-state index contributed by atoms with van der Waals surface area (Å²) in [6, 6.07) is 8.05. The zero-order chi connectivity index (χ0) is 13.7. The van der Waals surface area contributed by atoms with Gasteiger partial charge in [0.05, 0.1) is 11.6 Å². The molecule has 0 aromatic heterocycles. The Kier molecular flexibility index (Phi) is 5.28. The van der Waals surface area contributed by atoms with Crippen molar-refractivity contribution in [3.63, 3.8) is 0 Å². The van der Waals surface area contributed by atoms with Crippen LogP contribution in [-0.4, -0.2) is 36.7 Å². The number of carbonyl (C=O) groups is 1. The zero-order valence-electron chi connectivity index (χ0n) is 11.7. The highest BCUT2D eigenvalue weighted by Crippen LogP contribution is 2.27. The molecule has 1 saturated heterocycles. The lowest BCUT2D eigenvalue weighted by Gasteiger charge is -2.28. The second-order valence-corrected chi connectivity index (χ2v) is 6.33. The second kappa shape index (κ2) is 6.96. The summed E-state index contributed by atoms with van der Waals surface area (Å²) in [4.78, 5) is 15.7. The molecule has 1 amide bonds. The number of para-hydroxylation sites is 1. The van der Waals surface area contributed by atoms with Gasteiger partial charge in [-0.15, -0.1) is 11.8 Å². The summed E-state index contributed by atoms with van der Waals surface area (Å²) < 4.78 is 0. The molecule has 1 fully saturated rings. The third kappa shape index (κ3) is 3.98. The van der Waals surface area contributed by atoms with Crippen LogP contribution in [0.5, 0.6) is 0 Å². The number of nitrogens with one attached hydrogen (secondary N) is 1. The van der Waals surface area contributed by atoms with Gasteiger partial charge in [0.25, 0.3) is 0 Å². The number of hydrogen-bond donors (Lipinski definition) is 1. The number of thioether (sulfide) groups is 1. The molecule has 1 aromatic rings. The minimum atomic E-state index is 0.124. The maximum absolute atomic E-state index is 12.3. The number of amides is 1. The van der Waals surface area contributed by atoms with Crippen molar-refractivity contribution in [1.82, 2.24) is 4.90 Å². The van der Waals surface area contributed by atoms with Gasteiger partial charge in [0.2, 0.25) is 5.91 Å².